The van der Waals surface area contributed by atoms with E-state index in [1.54, 1.807) is 0 Å². The Morgan fingerprint density at radius 2 is 1.81 bits per heavy atom. The molecule has 7 atom stereocenters. The van der Waals surface area contributed by atoms with Gasteiger partial charge >= 0.3 is 12.0 Å². The Hall–Kier alpha value is -2.19. The number of hydrogen-bond donors (Lipinski definition) is 2. The molecule has 1 aliphatic heterocycles. The summed E-state index contributed by atoms with van der Waals surface area (Å²) >= 11 is 0. The zero-order valence-electron chi connectivity index (χ0n) is 26.7. The van der Waals surface area contributed by atoms with E-state index in [0.717, 1.165) is 77.8 Å². The van der Waals surface area contributed by atoms with Gasteiger partial charge < -0.3 is 15.2 Å². The number of carboxylic acids is 1. The topological polar surface area (TPSA) is 99.2 Å². The lowest BCUT2D eigenvalue weighted by Gasteiger charge is -2.57. The maximum Gasteiger partial charge on any atom is 0.331 e. The third-order valence-electron chi connectivity index (χ3n) is 11.8. The number of morpholine rings is 1. The van der Waals surface area contributed by atoms with Crippen LogP contribution >= 0.6 is 0 Å². The normalized spacial score (nSPS) is 36.4. The fraction of sp³-hybridized carbons (Fsp3) is 0.794. The second-order valence-corrected chi connectivity index (χ2v) is 14.8. The fourth-order valence-corrected chi connectivity index (χ4v) is 9.65. The van der Waals surface area contributed by atoms with Crippen LogP contribution in [0.1, 0.15) is 86.5 Å². The van der Waals surface area contributed by atoms with Gasteiger partial charge in [0.25, 0.3) is 0 Å². The molecule has 5 rings (SSSR count). The number of imide groups is 1. The Kier molecular flexibility index (Phi) is 8.98. The highest BCUT2D eigenvalue weighted by Gasteiger charge is 2.61. The standard InChI is InChI=1S/C34H53N3O5/c1-21(2)35-32(41)37(22(3)4)30(38)29-10-9-27-25-8-7-24-19-26(31(39)40)23(12-14-36-15-17-42-18-16-36)20-34(24,6)28(25)11-13-33(27,29)5/h7,19,21-23,25,27-29H,8-18,20H2,1-6H3,(H,35,41)(H,39,40)/t23?,25-,27-,28-,29+,33-,34-/m0/s1. The number of allylic oxidation sites excluding steroid dienone is 3. The summed E-state index contributed by atoms with van der Waals surface area (Å²) in [5, 5.41) is 13.1. The van der Waals surface area contributed by atoms with Gasteiger partial charge in [0.2, 0.25) is 5.91 Å². The van der Waals surface area contributed by atoms with Crippen molar-refractivity contribution < 1.29 is 24.2 Å². The summed E-state index contributed by atoms with van der Waals surface area (Å²) in [5.41, 5.74) is 1.61. The summed E-state index contributed by atoms with van der Waals surface area (Å²) in [6.45, 7) is 16.7. The molecule has 8 nitrogen and oxygen atoms in total. The second kappa shape index (κ2) is 12.1. The molecule has 4 aliphatic carbocycles. The van der Waals surface area contributed by atoms with E-state index in [0.29, 0.717) is 23.3 Å². The van der Waals surface area contributed by atoms with Crippen LogP contribution < -0.4 is 5.32 Å². The van der Waals surface area contributed by atoms with Crippen molar-refractivity contribution in [1.29, 1.82) is 0 Å². The molecule has 42 heavy (non-hydrogen) atoms. The van der Waals surface area contributed by atoms with Crippen molar-refractivity contribution in [3.8, 4) is 0 Å². The molecule has 0 bridgehead atoms. The number of aliphatic carboxylic acids is 1. The Morgan fingerprint density at radius 1 is 1.10 bits per heavy atom. The third kappa shape index (κ3) is 5.58. The number of rotatable bonds is 7. The van der Waals surface area contributed by atoms with Crippen LogP contribution in [0.5, 0.6) is 0 Å². The summed E-state index contributed by atoms with van der Waals surface area (Å²) in [5.74, 6) is 0.485. The largest absolute Gasteiger partial charge is 0.478 e. The number of amides is 3. The average Bonchev–Trinajstić information content (AvgIpc) is 3.28. The molecule has 2 N–H and O–H groups in total. The lowest BCUT2D eigenvalue weighted by Crippen LogP contribution is -2.55. The summed E-state index contributed by atoms with van der Waals surface area (Å²) in [4.78, 5) is 43.4. The van der Waals surface area contributed by atoms with E-state index in [1.807, 2.05) is 33.8 Å². The van der Waals surface area contributed by atoms with Gasteiger partial charge in [0, 0.05) is 36.7 Å². The molecule has 1 saturated heterocycles. The molecule has 1 unspecified atom stereocenters. The van der Waals surface area contributed by atoms with Gasteiger partial charge in [0.1, 0.15) is 0 Å². The Balaban J connectivity index is 1.36. The summed E-state index contributed by atoms with van der Waals surface area (Å²) in [6.07, 6.45) is 10.9. The highest BCUT2D eigenvalue weighted by atomic mass is 16.5. The monoisotopic (exact) mass is 583 g/mol. The molecule has 0 aromatic carbocycles. The second-order valence-electron chi connectivity index (χ2n) is 14.8. The van der Waals surface area contributed by atoms with Crippen LogP contribution in [0.2, 0.25) is 0 Å². The Morgan fingerprint density at radius 3 is 2.45 bits per heavy atom. The number of hydrogen-bond acceptors (Lipinski definition) is 5. The summed E-state index contributed by atoms with van der Waals surface area (Å²) < 4.78 is 5.51. The quantitative estimate of drug-likeness (QED) is 0.411. The van der Waals surface area contributed by atoms with E-state index in [-0.39, 0.29) is 46.7 Å². The van der Waals surface area contributed by atoms with Crippen molar-refractivity contribution in [3.05, 3.63) is 23.3 Å². The first-order valence-electron chi connectivity index (χ1n) is 16.5. The minimum atomic E-state index is -0.781. The smallest absolute Gasteiger partial charge is 0.331 e. The summed E-state index contributed by atoms with van der Waals surface area (Å²) in [6, 6.07) is -0.502. The van der Waals surface area contributed by atoms with Gasteiger partial charge in [-0.2, -0.15) is 0 Å². The van der Waals surface area contributed by atoms with E-state index in [2.05, 4.69) is 30.1 Å². The van der Waals surface area contributed by atoms with Gasteiger partial charge in [-0.15, -0.1) is 0 Å². The SMILES string of the molecule is CC(C)NC(=O)N(C(=O)[C@H]1CC[C@H]2[C@@H]3CC=C4C=C(C(=O)O)C(CCN5CCOCC5)C[C@]4(C)[C@H]3CC[C@]12C)C(C)C. The number of ether oxygens (including phenoxy) is 1. The van der Waals surface area contributed by atoms with Crippen molar-refractivity contribution in [1.82, 2.24) is 15.1 Å². The third-order valence-corrected chi connectivity index (χ3v) is 11.8. The van der Waals surface area contributed by atoms with Crippen LogP contribution in [0.25, 0.3) is 0 Å². The van der Waals surface area contributed by atoms with E-state index in [9.17, 15) is 19.5 Å². The number of urea groups is 1. The minimum absolute atomic E-state index is 0.0141. The molecule has 1 heterocycles. The molecule has 0 aromatic rings. The molecular weight excluding hydrogens is 530 g/mol. The van der Waals surface area contributed by atoms with Crippen LogP contribution in [0, 0.1) is 40.4 Å². The number of carbonyl (C=O) groups is 3. The van der Waals surface area contributed by atoms with Crippen LogP contribution in [0.3, 0.4) is 0 Å². The zero-order chi connectivity index (χ0) is 30.4. The Labute approximate surface area is 252 Å². The number of fused-ring (bicyclic) bond motifs is 5. The molecule has 3 fully saturated rings. The predicted octanol–water partition coefficient (Wildman–Crippen LogP) is 5.49. The first kappa shape index (κ1) is 31.2. The molecule has 0 spiro atoms. The van der Waals surface area contributed by atoms with Crippen molar-refractivity contribution in [2.75, 3.05) is 32.8 Å². The number of nitrogens with one attached hydrogen (secondary N) is 1. The Bertz CT molecular complexity index is 1120. The van der Waals surface area contributed by atoms with Crippen LogP contribution in [0.15, 0.2) is 23.3 Å². The number of carbonyl (C=O) groups excluding carboxylic acids is 2. The first-order chi connectivity index (χ1) is 19.9. The van der Waals surface area contributed by atoms with Crippen molar-refractivity contribution in [2.24, 2.45) is 40.4 Å². The molecule has 5 aliphatic rings. The van der Waals surface area contributed by atoms with Gasteiger partial charge in [-0.05, 0) is 125 Å². The number of carboxylic acid groups (broad SMARTS) is 1. The zero-order valence-corrected chi connectivity index (χ0v) is 26.7. The van der Waals surface area contributed by atoms with Crippen molar-refractivity contribution >= 4 is 17.9 Å². The van der Waals surface area contributed by atoms with Crippen molar-refractivity contribution in [3.63, 3.8) is 0 Å². The van der Waals surface area contributed by atoms with Gasteiger partial charge in [0.15, 0.2) is 0 Å². The predicted molar refractivity (Wildman–Crippen MR) is 163 cm³/mol. The summed E-state index contributed by atoms with van der Waals surface area (Å²) in [7, 11) is 0. The van der Waals surface area contributed by atoms with E-state index in [4.69, 9.17) is 4.74 Å². The van der Waals surface area contributed by atoms with E-state index in [1.165, 1.54) is 10.5 Å². The molecule has 2 saturated carbocycles. The molecule has 3 amide bonds. The highest BCUT2D eigenvalue weighted by molar-refractivity contribution is 5.96. The highest BCUT2D eigenvalue weighted by Crippen LogP contribution is 2.66. The average molecular weight is 584 g/mol. The first-order valence-corrected chi connectivity index (χ1v) is 16.5. The fourth-order valence-electron chi connectivity index (χ4n) is 9.65. The van der Waals surface area contributed by atoms with Gasteiger partial charge in [-0.1, -0.05) is 19.9 Å². The van der Waals surface area contributed by atoms with Crippen molar-refractivity contribution in [2.45, 2.75) is 98.6 Å². The minimum Gasteiger partial charge on any atom is -0.478 e. The lowest BCUT2D eigenvalue weighted by atomic mass is 9.47. The van der Waals surface area contributed by atoms with Crippen LogP contribution in [0.4, 0.5) is 4.79 Å². The maximum absolute atomic E-state index is 14.0. The lowest BCUT2D eigenvalue weighted by molar-refractivity contribution is -0.140. The molecule has 0 aromatic heterocycles. The molecule has 0 radical (unpaired) electrons. The van der Waals surface area contributed by atoms with E-state index >= 15 is 0 Å². The van der Waals surface area contributed by atoms with E-state index < -0.39 is 5.97 Å². The molecule has 234 valence electrons. The molecular formula is C34H53N3O5. The number of nitrogens with zero attached hydrogens (tertiary/aromatic N) is 2. The molecule has 8 heteroatoms. The van der Waals surface area contributed by atoms with Gasteiger partial charge in [-0.25, -0.2) is 9.59 Å². The van der Waals surface area contributed by atoms with Gasteiger partial charge in [0.05, 0.1) is 13.2 Å². The van der Waals surface area contributed by atoms with Crippen LogP contribution in [-0.4, -0.2) is 77.7 Å². The van der Waals surface area contributed by atoms with Crippen LogP contribution in [-0.2, 0) is 14.3 Å². The maximum atomic E-state index is 14.0. The van der Waals surface area contributed by atoms with Gasteiger partial charge in [-0.3, -0.25) is 14.6 Å².